The number of aliphatic hydroxyl groups is 3. The molecule has 0 bridgehead atoms. The Morgan fingerprint density at radius 1 is 0.833 bits per heavy atom. The van der Waals surface area contributed by atoms with E-state index in [-0.39, 0.29) is 19.4 Å². The summed E-state index contributed by atoms with van der Waals surface area (Å²) in [5.41, 5.74) is 0. The lowest BCUT2D eigenvalue weighted by Crippen LogP contribution is -2.60. The van der Waals surface area contributed by atoms with Crippen molar-refractivity contribution in [2.24, 2.45) is 0 Å². The first kappa shape index (κ1) is 32.7. The molecule has 1 saturated heterocycles. The van der Waals surface area contributed by atoms with Gasteiger partial charge in [-0.25, -0.2) is 0 Å². The van der Waals surface area contributed by atoms with Gasteiger partial charge in [0.05, 0.1) is 6.61 Å². The Labute approximate surface area is 213 Å². The number of aliphatic hydroxyl groups excluding tert-OH is 3. The highest BCUT2D eigenvalue weighted by atomic mass is 32.2. The number of unbranched alkanes of at least 4 members (excludes halogenated alkanes) is 6. The molecule has 6 atom stereocenters. The van der Waals surface area contributed by atoms with Crippen molar-refractivity contribution >= 4 is 22.1 Å². The Morgan fingerprint density at radius 3 is 2.08 bits per heavy atom. The van der Waals surface area contributed by atoms with Crippen molar-refractivity contribution in [3.8, 4) is 0 Å². The van der Waals surface area contributed by atoms with E-state index >= 15 is 0 Å². The van der Waals surface area contributed by atoms with Crippen LogP contribution in [0.25, 0.3) is 0 Å². The van der Waals surface area contributed by atoms with Crippen LogP contribution in [0.4, 0.5) is 0 Å². The van der Waals surface area contributed by atoms with Crippen molar-refractivity contribution in [2.75, 3.05) is 19.0 Å². The Bertz CT molecular complexity index is 743. The van der Waals surface area contributed by atoms with E-state index in [0.29, 0.717) is 12.8 Å². The van der Waals surface area contributed by atoms with Crippen molar-refractivity contribution in [3.63, 3.8) is 0 Å². The zero-order valence-corrected chi connectivity index (χ0v) is 21.9. The Kier molecular flexibility index (Phi) is 15.6. The molecule has 36 heavy (non-hydrogen) atoms. The Hall–Kier alpha value is -1.35. The van der Waals surface area contributed by atoms with Crippen LogP contribution in [-0.4, -0.2) is 96.0 Å². The highest BCUT2D eigenvalue weighted by Crippen LogP contribution is 2.23. The molecule has 0 aromatic heterocycles. The van der Waals surface area contributed by atoms with E-state index < -0.39 is 71.2 Å². The van der Waals surface area contributed by atoms with Gasteiger partial charge in [0.25, 0.3) is 10.1 Å². The zero-order valence-electron chi connectivity index (χ0n) is 21.1. The molecule has 0 radical (unpaired) electrons. The monoisotopic (exact) mass is 542 g/mol. The van der Waals surface area contributed by atoms with Crippen LogP contribution in [0, 0.1) is 0 Å². The molecule has 4 N–H and O–H groups in total. The summed E-state index contributed by atoms with van der Waals surface area (Å²) < 4.78 is 52.6. The van der Waals surface area contributed by atoms with Crippen molar-refractivity contribution in [1.82, 2.24) is 0 Å². The van der Waals surface area contributed by atoms with Crippen molar-refractivity contribution in [2.45, 2.75) is 115 Å². The van der Waals surface area contributed by atoms with E-state index in [4.69, 9.17) is 23.5 Å². The van der Waals surface area contributed by atoms with Crippen LogP contribution < -0.4 is 0 Å². The molecule has 1 fully saturated rings. The molecule has 1 rings (SSSR count). The molecule has 0 aromatic rings. The Morgan fingerprint density at radius 2 is 1.44 bits per heavy atom. The predicted molar refractivity (Wildman–Crippen MR) is 127 cm³/mol. The fourth-order valence-corrected chi connectivity index (χ4v) is 4.28. The van der Waals surface area contributed by atoms with Gasteiger partial charge in [-0.05, 0) is 12.8 Å². The van der Waals surface area contributed by atoms with Crippen LogP contribution in [0.1, 0.15) is 78.1 Å². The molecule has 13 heteroatoms. The lowest BCUT2D eigenvalue weighted by molar-refractivity contribution is -0.297. The summed E-state index contributed by atoms with van der Waals surface area (Å²) >= 11 is 0. The van der Waals surface area contributed by atoms with E-state index in [1.165, 1.54) is 0 Å². The minimum atomic E-state index is -4.57. The maximum Gasteiger partial charge on any atom is 0.306 e. The fourth-order valence-electron chi connectivity index (χ4n) is 3.59. The number of carbonyl (C=O) groups is 2. The second-order valence-electron chi connectivity index (χ2n) is 9.01. The van der Waals surface area contributed by atoms with E-state index in [1.807, 2.05) is 6.92 Å². The molecular weight excluding hydrogens is 500 g/mol. The summed E-state index contributed by atoms with van der Waals surface area (Å²) in [7, 11) is -4.57. The van der Waals surface area contributed by atoms with Crippen LogP contribution in [0.2, 0.25) is 0 Å². The standard InChI is InChI=1S/C23H42O12S/c1-3-5-7-8-9-10-12-18(24)32-13-16(34-19(25)11-6-4-2)14-33-23-22(28)21(27)20(26)17(35-23)15-36(29,30)31/h16-17,20-23,26-28H,3-15H2,1-2H3,(H,29,30,31)/t16-,17-,20-,21+,22-,23-/m1/s1. The maximum atomic E-state index is 12.1. The fraction of sp³-hybridized carbons (Fsp3) is 0.913. The molecule has 0 spiro atoms. The molecule has 12 nitrogen and oxygen atoms in total. The van der Waals surface area contributed by atoms with Gasteiger partial charge in [-0.15, -0.1) is 0 Å². The molecule has 0 unspecified atom stereocenters. The number of rotatable bonds is 18. The summed E-state index contributed by atoms with van der Waals surface area (Å²) in [6.45, 7) is 3.31. The summed E-state index contributed by atoms with van der Waals surface area (Å²) in [6, 6.07) is 0. The number of hydrogen-bond acceptors (Lipinski definition) is 11. The first-order chi connectivity index (χ1) is 17.0. The maximum absolute atomic E-state index is 12.1. The number of hydrogen-bond donors (Lipinski definition) is 4. The summed E-state index contributed by atoms with van der Waals surface area (Å²) in [4.78, 5) is 24.2. The van der Waals surface area contributed by atoms with Gasteiger partial charge in [0.2, 0.25) is 0 Å². The Balaban J connectivity index is 2.66. The smallest absolute Gasteiger partial charge is 0.306 e. The van der Waals surface area contributed by atoms with E-state index in [9.17, 15) is 33.3 Å². The van der Waals surface area contributed by atoms with E-state index in [0.717, 1.165) is 38.5 Å². The molecule has 0 aliphatic carbocycles. The van der Waals surface area contributed by atoms with Crippen LogP contribution in [-0.2, 0) is 38.7 Å². The second kappa shape index (κ2) is 17.2. The largest absolute Gasteiger partial charge is 0.462 e. The van der Waals surface area contributed by atoms with Crippen LogP contribution in [0.5, 0.6) is 0 Å². The number of ether oxygens (including phenoxy) is 4. The quantitative estimate of drug-likeness (QED) is 0.110. The van der Waals surface area contributed by atoms with Gasteiger partial charge < -0.3 is 34.3 Å². The SMILES string of the molecule is CCCCCCCCC(=O)OC[C@H](CO[C@@H]1O[C@H](CS(=O)(=O)O)[C@@H](O)[C@H](O)[C@H]1O)OC(=O)CCCC. The molecule has 1 heterocycles. The van der Waals surface area contributed by atoms with Gasteiger partial charge in [-0.2, -0.15) is 8.42 Å². The molecule has 0 aromatic carbocycles. The zero-order chi connectivity index (χ0) is 27.1. The van der Waals surface area contributed by atoms with Crippen molar-refractivity contribution in [3.05, 3.63) is 0 Å². The number of esters is 2. The van der Waals surface area contributed by atoms with Gasteiger partial charge in [0, 0.05) is 12.8 Å². The molecule has 1 aliphatic rings. The van der Waals surface area contributed by atoms with Gasteiger partial charge in [0.1, 0.15) is 36.8 Å². The van der Waals surface area contributed by atoms with Gasteiger partial charge in [-0.3, -0.25) is 14.1 Å². The highest BCUT2D eigenvalue weighted by molar-refractivity contribution is 7.85. The van der Waals surface area contributed by atoms with Crippen LogP contribution in [0.3, 0.4) is 0 Å². The van der Waals surface area contributed by atoms with Crippen molar-refractivity contribution < 1.29 is 56.8 Å². The second-order valence-corrected chi connectivity index (χ2v) is 10.5. The molecule has 0 saturated carbocycles. The van der Waals surface area contributed by atoms with Crippen molar-refractivity contribution in [1.29, 1.82) is 0 Å². The lowest BCUT2D eigenvalue weighted by Gasteiger charge is -2.40. The molecule has 0 amide bonds. The first-order valence-electron chi connectivity index (χ1n) is 12.6. The summed E-state index contributed by atoms with van der Waals surface area (Å²) in [5.74, 6) is -2.04. The summed E-state index contributed by atoms with van der Waals surface area (Å²) in [5, 5.41) is 30.1. The molecule has 212 valence electrons. The van der Waals surface area contributed by atoms with Crippen LogP contribution in [0.15, 0.2) is 0 Å². The minimum absolute atomic E-state index is 0.141. The third-order valence-corrected chi connectivity index (χ3v) is 6.44. The van der Waals surface area contributed by atoms with Crippen LogP contribution >= 0.6 is 0 Å². The van der Waals surface area contributed by atoms with Gasteiger partial charge in [-0.1, -0.05) is 52.4 Å². The number of carbonyl (C=O) groups excluding carboxylic acids is 2. The highest BCUT2D eigenvalue weighted by Gasteiger charge is 2.46. The predicted octanol–water partition coefficient (Wildman–Crippen LogP) is 1.09. The molecular formula is C23H42O12S. The lowest BCUT2D eigenvalue weighted by atomic mass is 10.00. The normalized spacial score (nSPS) is 25.3. The van der Waals surface area contributed by atoms with E-state index in [1.54, 1.807) is 0 Å². The first-order valence-corrected chi connectivity index (χ1v) is 14.2. The average molecular weight is 543 g/mol. The van der Waals surface area contributed by atoms with E-state index in [2.05, 4.69) is 6.92 Å². The third kappa shape index (κ3) is 13.3. The minimum Gasteiger partial charge on any atom is -0.462 e. The topological polar surface area (TPSA) is 186 Å². The molecule has 1 aliphatic heterocycles. The van der Waals surface area contributed by atoms with Gasteiger partial charge >= 0.3 is 11.9 Å². The average Bonchev–Trinajstić information content (AvgIpc) is 2.81. The van der Waals surface area contributed by atoms with Gasteiger partial charge in [0.15, 0.2) is 12.4 Å². The summed E-state index contributed by atoms with van der Waals surface area (Å²) in [6.07, 6.45) is -1.88. The third-order valence-electron chi connectivity index (χ3n) is 5.69.